The summed E-state index contributed by atoms with van der Waals surface area (Å²) >= 11 is 3.39. The second-order valence-electron chi connectivity index (χ2n) is 3.80. The Balaban J connectivity index is 2.74. The Kier molecular flexibility index (Phi) is 5.53. The molecule has 1 amide bonds. The highest BCUT2D eigenvalue weighted by Gasteiger charge is 2.13. The fraction of sp³-hybridized carbons (Fsp3) is 0.462. The lowest BCUT2D eigenvalue weighted by atomic mass is 10.1. The summed E-state index contributed by atoms with van der Waals surface area (Å²) in [6.45, 7) is 5.60. The zero-order valence-corrected chi connectivity index (χ0v) is 11.5. The number of alkyl halides is 1. The van der Waals surface area contributed by atoms with Crippen LogP contribution in [-0.2, 0) is 0 Å². The van der Waals surface area contributed by atoms with Crippen LogP contribution in [0.15, 0.2) is 24.3 Å². The molecule has 0 aliphatic carbocycles. The maximum Gasteiger partial charge on any atom is 0.253 e. The van der Waals surface area contributed by atoms with Crippen molar-refractivity contribution >= 4 is 21.8 Å². The van der Waals surface area contributed by atoms with Gasteiger partial charge in [-0.3, -0.25) is 4.79 Å². The molecule has 0 atom stereocenters. The van der Waals surface area contributed by atoms with Gasteiger partial charge < -0.3 is 4.90 Å². The molecule has 0 fully saturated rings. The summed E-state index contributed by atoms with van der Waals surface area (Å²) in [4.78, 5) is 14.0. The van der Waals surface area contributed by atoms with Gasteiger partial charge in [0.15, 0.2) is 0 Å². The first-order valence-corrected chi connectivity index (χ1v) is 6.73. The summed E-state index contributed by atoms with van der Waals surface area (Å²) in [5.74, 6) is 0.132. The van der Waals surface area contributed by atoms with Crippen molar-refractivity contribution in [2.75, 3.05) is 18.4 Å². The normalized spacial score (nSPS) is 10.2. The van der Waals surface area contributed by atoms with Crippen molar-refractivity contribution in [3.05, 3.63) is 35.4 Å². The highest BCUT2D eigenvalue weighted by Crippen LogP contribution is 2.08. The SMILES string of the molecule is CCN(CCCBr)C(=O)c1cccc(C)c1. The topological polar surface area (TPSA) is 20.3 Å². The summed E-state index contributed by atoms with van der Waals surface area (Å²) in [6.07, 6.45) is 0.991. The van der Waals surface area contributed by atoms with Gasteiger partial charge in [0.05, 0.1) is 0 Å². The number of nitrogens with zero attached hydrogens (tertiary/aromatic N) is 1. The monoisotopic (exact) mass is 283 g/mol. The molecule has 0 radical (unpaired) electrons. The fourth-order valence-corrected chi connectivity index (χ4v) is 1.87. The molecule has 0 bridgehead atoms. The number of carbonyl (C=O) groups excluding carboxylic acids is 1. The van der Waals surface area contributed by atoms with Crippen LogP contribution in [0.3, 0.4) is 0 Å². The number of benzene rings is 1. The predicted molar refractivity (Wildman–Crippen MR) is 71.2 cm³/mol. The molecular weight excluding hydrogens is 266 g/mol. The van der Waals surface area contributed by atoms with E-state index in [9.17, 15) is 4.79 Å². The molecule has 0 aromatic heterocycles. The highest BCUT2D eigenvalue weighted by molar-refractivity contribution is 9.09. The number of rotatable bonds is 5. The van der Waals surface area contributed by atoms with E-state index in [0.29, 0.717) is 0 Å². The van der Waals surface area contributed by atoms with Crippen LogP contribution in [0.1, 0.15) is 29.3 Å². The summed E-state index contributed by atoms with van der Waals surface area (Å²) in [6, 6.07) is 7.76. The van der Waals surface area contributed by atoms with E-state index in [2.05, 4.69) is 15.9 Å². The Morgan fingerprint density at radius 3 is 2.75 bits per heavy atom. The maximum absolute atomic E-state index is 12.1. The molecule has 1 aromatic carbocycles. The summed E-state index contributed by atoms with van der Waals surface area (Å²) in [5.41, 5.74) is 1.92. The number of aryl methyl sites for hydroxylation is 1. The first-order valence-electron chi connectivity index (χ1n) is 5.61. The Hall–Kier alpha value is -0.830. The Morgan fingerprint density at radius 2 is 2.19 bits per heavy atom. The van der Waals surface area contributed by atoms with Gasteiger partial charge in [-0.15, -0.1) is 0 Å². The van der Waals surface area contributed by atoms with Gasteiger partial charge in [-0.2, -0.15) is 0 Å². The molecule has 0 spiro atoms. The van der Waals surface area contributed by atoms with E-state index in [1.165, 1.54) is 0 Å². The summed E-state index contributed by atoms with van der Waals surface area (Å²) in [7, 11) is 0. The zero-order chi connectivity index (χ0) is 12.0. The number of hydrogen-bond donors (Lipinski definition) is 0. The van der Waals surface area contributed by atoms with E-state index in [1.807, 2.05) is 43.0 Å². The summed E-state index contributed by atoms with van der Waals surface area (Å²) in [5, 5.41) is 0.935. The average molecular weight is 284 g/mol. The van der Waals surface area contributed by atoms with Gasteiger partial charge in [-0.1, -0.05) is 33.6 Å². The molecule has 3 heteroatoms. The molecule has 0 N–H and O–H groups in total. The maximum atomic E-state index is 12.1. The van der Waals surface area contributed by atoms with Crippen LogP contribution in [0, 0.1) is 6.92 Å². The van der Waals surface area contributed by atoms with Crippen molar-refractivity contribution < 1.29 is 4.79 Å². The molecule has 88 valence electrons. The van der Waals surface area contributed by atoms with Crippen LogP contribution in [-0.4, -0.2) is 29.2 Å². The molecule has 16 heavy (non-hydrogen) atoms. The van der Waals surface area contributed by atoms with E-state index >= 15 is 0 Å². The lowest BCUT2D eigenvalue weighted by Gasteiger charge is -2.20. The third-order valence-corrected chi connectivity index (χ3v) is 3.06. The molecular formula is C13H18BrNO. The highest BCUT2D eigenvalue weighted by atomic mass is 79.9. The third kappa shape index (κ3) is 3.63. The van der Waals surface area contributed by atoms with E-state index in [1.54, 1.807) is 0 Å². The van der Waals surface area contributed by atoms with Gasteiger partial charge in [-0.25, -0.2) is 0 Å². The first-order chi connectivity index (χ1) is 7.69. The van der Waals surface area contributed by atoms with E-state index in [4.69, 9.17) is 0 Å². The van der Waals surface area contributed by atoms with E-state index in [0.717, 1.165) is 36.0 Å². The van der Waals surface area contributed by atoms with Crippen molar-refractivity contribution in [1.29, 1.82) is 0 Å². The number of amides is 1. The number of hydrogen-bond acceptors (Lipinski definition) is 1. The quantitative estimate of drug-likeness (QED) is 0.760. The van der Waals surface area contributed by atoms with Gasteiger partial charge in [0.1, 0.15) is 0 Å². The van der Waals surface area contributed by atoms with E-state index in [-0.39, 0.29) is 5.91 Å². The van der Waals surface area contributed by atoms with Crippen molar-refractivity contribution in [1.82, 2.24) is 4.90 Å². The lowest BCUT2D eigenvalue weighted by molar-refractivity contribution is 0.0765. The molecule has 1 rings (SSSR count). The second-order valence-corrected chi connectivity index (χ2v) is 4.59. The van der Waals surface area contributed by atoms with Crippen LogP contribution in [0.2, 0.25) is 0 Å². The molecule has 2 nitrogen and oxygen atoms in total. The smallest absolute Gasteiger partial charge is 0.253 e. The third-order valence-electron chi connectivity index (χ3n) is 2.50. The minimum atomic E-state index is 0.132. The van der Waals surface area contributed by atoms with Gasteiger partial charge in [0.2, 0.25) is 0 Å². The molecule has 0 saturated carbocycles. The van der Waals surface area contributed by atoms with Crippen molar-refractivity contribution in [2.24, 2.45) is 0 Å². The largest absolute Gasteiger partial charge is 0.339 e. The molecule has 0 unspecified atom stereocenters. The van der Waals surface area contributed by atoms with E-state index < -0.39 is 0 Å². The van der Waals surface area contributed by atoms with Crippen LogP contribution in [0.4, 0.5) is 0 Å². The van der Waals surface area contributed by atoms with Crippen molar-refractivity contribution in [3.63, 3.8) is 0 Å². The van der Waals surface area contributed by atoms with Gasteiger partial charge in [0, 0.05) is 24.0 Å². The van der Waals surface area contributed by atoms with Crippen LogP contribution < -0.4 is 0 Å². The van der Waals surface area contributed by atoms with Gasteiger partial charge in [0.25, 0.3) is 5.91 Å². The second kappa shape index (κ2) is 6.69. The number of carbonyl (C=O) groups is 1. The minimum absolute atomic E-state index is 0.132. The van der Waals surface area contributed by atoms with Crippen LogP contribution >= 0.6 is 15.9 Å². The average Bonchev–Trinajstić information content (AvgIpc) is 2.29. The van der Waals surface area contributed by atoms with Crippen molar-refractivity contribution in [3.8, 4) is 0 Å². The minimum Gasteiger partial charge on any atom is -0.339 e. The number of halogens is 1. The molecule has 0 aliphatic rings. The molecule has 0 heterocycles. The standard InChI is InChI=1S/C13H18BrNO/c1-3-15(9-5-8-14)13(16)12-7-4-6-11(2)10-12/h4,6-7,10H,3,5,8-9H2,1-2H3. The molecule has 0 saturated heterocycles. The van der Waals surface area contributed by atoms with Gasteiger partial charge in [-0.05, 0) is 32.4 Å². The Bertz CT molecular complexity index is 352. The Morgan fingerprint density at radius 1 is 1.44 bits per heavy atom. The van der Waals surface area contributed by atoms with Crippen LogP contribution in [0.5, 0.6) is 0 Å². The van der Waals surface area contributed by atoms with Gasteiger partial charge >= 0.3 is 0 Å². The molecule has 1 aromatic rings. The lowest BCUT2D eigenvalue weighted by Crippen LogP contribution is -2.31. The fourth-order valence-electron chi connectivity index (χ4n) is 1.61. The van der Waals surface area contributed by atoms with Crippen LogP contribution in [0.25, 0.3) is 0 Å². The summed E-state index contributed by atoms with van der Waals surface area (Å²) < 4.78 is 0. The zero-order valence-electron chi connectivity index (χ0n) is 9.87. The Labute approximate surface area is 106 Å². The predicted octanol–water partition coefficient (Wildman–Crippen LogP) is 3.24. The van der Waals surface area contributed by atoms with Crippen molar-refractivity contribution in [2.45, 2.75) is 20.3 Å². The first kappa shape index (κ1) is 13.2. The molecule has 0 aliphatic heterocycles.